The van der Waals surface area contributed by atoms with Crippen LogP contribution in [0.3, 0.4) is 0 Å². The molecule has 0 amide bonds. The van der Waals surface area contributed by atoms with Gasteiger partial charge >= 0.3 is 5.97 Å². The summed E-state index contributed by atoms with van der Waals surface area (Å²) in [5.41, 5.74) is 0.141. The van der Waals surface area contributed by atoms with Gasteiger partial charge in [-0.25, -0.2) is 9.78 Å². The zero-order chi connectivity index (χ0) is 9.42. The molecule has 0 spiro atoms. The van der Waals surface area contributed by atoms with Crippen molar-refractivity contribution in [2.45, 2.75) is 0 Å². The Labute approximate surface area is 75.7 Å². The Morgan fingerprint density at radius 1 is 1.46 bits per heavy atom. The third-order valence-electron chi connectivity index (χ3n) is 1.40. The number of halogens is 1. The van der Waals surface area contributed by atoms with E-state index >= 15 is 0 Å². The van der Waals surface area contributed by atoms with Crippen LogP contribution in [0, 0.1) is 5.95 Å². The van der Waals surface area contributed by atoms with Crippen molar-refractivity contribution >= 4 is 27.7 Å². The molecule has 0 saturated heterocycles. The Kier molecular flexibility index (Phi) is 1.70. The molecule has 0 atom stereocenters. The lowest BCUT2D eigenvalue weighted by atomic mass is 10.5. The Bertz CT molecular complexity index is 482. The standard InChI is InChI=1S/C7H3FN2O2S/c8-4-2-1-3-5(9-4)10-6(13-3)7(11)12/h1-2H,(H,11,12). The Hall–Kier alpha value is -1.56. The smallest absolute Gasteiger partial charge is 0.365 e. The van der Waals surface area contributed by atoms with Crippen molar-refractivity contribution in [3.63, 3.8) is 0 Å². The maximum Gasteiger partial charge on any atom is 0.365 e. The Morgan fingerprint density at radius 2 is 2.23 bits per heavy atom. The fourth-order valence-electron chi connectivity index (χ4n) is 0.887. The van der Waals surface area contributed by atoms with Crippen LogP contribution in [0.5, 0.6) is 0 Å². The van der Waals surface area contributed by atoms with E-state index in [9.17, 15) is 9.18 Å². The molecule has 0 aliphatic carbocycles. The van der Waals surface area contributed by atoms with Gasteiger partial charge in [-0.1, -0.05) is 0 Å². The predicted octanol–water partition coefficient (Wildman–Crippen LogP) is 1.53. The minimum atomic E-state index is -1.12. The van der Waals surface area contributed by atoms with Gasteiger partial charge in [-0.2, -0.15) is 9.37 Å². The van der Waals surface area contributed by atoms with Crippen LogP contribution in [0.15, 0.2) is 12.1 Å². The van der Waals surface area contributed by atoms with Crippen LogP contribution >= 0.6 is 11.3 Å². The summed E-state index contributed by atoms with van der Waals surface area (Å²) in [6.07, 6.45) is 0. The minimum absolute atomic E-state index is 0.0758. The van der Waals surface area contributed by atoms with Crippen LogP contribution in [-0.2, 0) is 0 Å². The van der Waals surface area contributed by atoms with Gasteiger partial charge in [0.2, 0.25) is 11.0 Å². The molecule has 2 aromatic rings. The van der Waals surface area contributed by atoms with Crippen molar-refractivity contribution < 1.29 is 14.3 Å². The Balaban J connectivity index is 2.68. The van der Waals surface area contributed by atoms with Crippen LogP contribution in [-0.4, -0.2) is 21.0 Å². The van der Waals surface area contributed by atoms with Crippen LogP contribution in [0.25, 0.3) is 10.3 Å². The number of pyridine rings is 1. The molecule has 1 N–H and O–H groups in total. The summed E-state index contributed by atoms with van der Waals surface area (Å²) in [5, 5.41) is 8.51. The molecule has 6 heteroatoms. The van der Waals surface area contributed by atoms with Gasteiger partial charge in [0.1, 0.15) is 0 Å². The monoisotopic (exact) mass is 198 g/mol. The van der Waals surface area contributed by atoms with Crippen LogP contribution < -0.4 is 0 Å². The quantitative estimate of drug-likeness (QED) is 0.706. The van der Waals surface area contributed by atoms with Gasteiger partial charge in [0.25, 0.3) is 0 Å². The average molecular weight is 198 g/mol. The fourth-order valence-corrected chi connectivity index (χ4v) is 1.63. The fraction of sp³-hybridized carbons (Fsp3) is 0. The normalized spacial score (nSPS) is 10.5. The lowest BCUT2D eigenvalue weighted by Gasteiger charge is -1.84. The van der Waals surface area contributed by atoms with Gasteiger partial charge in [0.05, 0.1) is 4.70 Å². The number of carboxylic acid groups (broad SMARTS) is 1. The maximum atomic E-state index is 12.6. The van der Waals surface area contributed by atoms with E-state index in [-0.39, 0.29) is 10.7 Å². The summed E-state index contributed by atoms with van der Waals surface area (Å²) in [7, 11) is 0. The molecule has 2 aromatic heterocycles. The zero-order valence-electron chi connectivity index (χ0n) is 6.19. The topological polar surface area (TPSA) is 63.1 Å². The van der Waals surface area contributed by atoms with E-state index in [1.165, 1.54) is 12.1 Å². The molecule has 4 nitrogen and oxygen atoms in total. The number of nitrogens with zero attached hydrogens (tertiary/aromatic N) is 2. The number of thiazole rings is 1. The molecule has 0 aliphatic heterocycles. The van der Waals surface area contributed by atoms with E-state index < -0.39 is 11.9 Å². The van der Waals surface area contributed by atoms with Crippen LogP contribution in [0.2, 0.25) is 0 Å². The maximum absolute atomic E-state index is 12.6. The summed E-state index contributed by atoms with van der Waals surface area (Å²) >= 11 is 0.974. The molecule has 0 radical (unpaired) electrons. The number of aromatic nitrogens is 2. The van der Waals surface area contributed by atoms with Gasteiger partial charge in [-0.05, 0) is 12.1 Å². The number of hydrogen-bond acceptors (Lipinski definition) is 4. The van der Waals surface area contributed by atoms with Gasteiger partial charge in [-0.3, -0.25) is 0 Å². The summed E-state index contributed by atoms with van der Waals surface area (Å²) < 4.78 is 13.1. The molecule has 2 heterocycles. The van der Waals surface area contributed by atoms with Crippen molar-refractivity contribution in [2.75, 3.05) is 0 Å². The molecule has 0 fully saturated rings. The summed E-state index contributed by atoms with van der Waals surface area (Å²) in [4.78, 5) is 17.6. The van der Waals surface area contributed by atoms with E-state index in [1.807, 2.05) is 0 Å². The van der Waals surface area contributed by atoms with E-state index in [2.05, 4.69) is 9.97 Å². The zero-order valence-corrected chi connectivity index (χ0v) is 7.01. The first-order valence-corrected chi connectivity index (χ1v) is 4.15. The summed E-state index contributed by atoms with van der Waals surface area (Å²) in [6, 6.07) is 2.63. The van der Waals surface area contributed by atoms with Crippen molar-refractivity contribution in [3.05, 3.63) is 23.1 Å². The molecule has 0 unspecified atom stereocenters. The molecular weight excluding hydrogens is 195 g/mol. The number of rotatable bonds is 1. The van der Waals surface area contributed by atoms with Crippen molar-refractivity contribution in [3.8, 4) is 0 Å². The highest BCUT2D eigenvalue weighted by Crippen LogP contribution is 2.20. The Morgan fingerprint density at radius 3 is 2.92 bits per heavy atom. The molecule has 66 valence electrons. The minimum Gasteiger partial charge on any atom is -0.476 e. The number of carbonyl (C=O) groups is 1. The first kappa shape index (κ1) is 8.06. The molecule has 0 bridgehead atoms. The van der Waals surface area contributed by atoms with E-state index in [0.717, 1.165) is 11.3 Å². The lowest BCUT2D eigenvalue weighted by molar-refractivity contribution is 0.0696. The summed E-state index contributed by atoms with van der Waals surface area (Å²) in [6.45, 7) is 0. The third kappa shape index (κ3) is 1.35. The van der Waals surface area contributed by atoms with E-state index in [0.29, 0.717) is 4.70 Å². The molecular formula is C7H3FN2O2S. The number of hydrogen-bond donors (Lipinski definition) is 1. The highest BCUT2D eigenvalue weighted by Gasteiger charge is 2.11. The second-order valence-corrected chi connectivity index (χ2v) is 3.31. The van der Waals surface area contributed by atoms with Crippen molar-refractivity contribution in [1.82, 2.24) is 9.97 Å². The highest BCUT2D eigenvalue weighted by molar-refractivity contribution is 7.20. The summed E-state index contributed by atoms with van der Waals surface area (Å²) in [5.74, 6) is -1.78. The number of carboxylic acids is 1. The molecule has 13 heavy (non-hydrogen) atoms. The van der Waals surface area contributed by atoms with E-state index in [4.69, 9.17) is 5.11 Å². The lowest BCUT2D eigenvalue weighted by Crippen LogP contribution is -1.93. The van der Waals surface area contributed by atoms with Crippen LogP contribution in [0.4, 0.5) is 4.39 Å². The molecule has 0 aromatic carbocycles. The van der Waals surface area contributed by atoms with Crippen molar-refractivity contribution in [1.29, 1.82) is 0 Å². The molecule has 0 aliphatic rings. The second-order valence-electron chi connectivity index (χ2n) is 2.28. The predicted molar refractivity (Wildman–Crippen MR) is 44.3 cm³/mol. The first-order valence-electron chi connectivity index (χ1n) is 3.33. The SMILES string of the molecule is O=C(O)c1nc2nc(F)ccc2s1. The molecule has 2 rings (SSSR count). The third-order valence-corrected chi connectivity index (χ3v) is 2.40. The second kappa shape index (κ2) is 2.74. The van der Waals surface area contributed by atoms with Gasteiger partial charge in [0.15, 0.2) is 5.65 Å². The van der Waals surface area contributed by atoms with Gasteiger partial charge in [0, 0.05) is 0 Å². The number of fused-ring (bicyclic) bond motifs is 1. The van der Waals surface area contributed by atoms with Gasteiger partial charge in [-0.15, -0.1) is 11.3 Å². The van der Waals surface area contributed by atoms with Gasteiger partial charge < -0.3 is 5.11 Å². The molecule has 0 saturated carbocycles. The van der Waals surface area contributed by atoms with Crippen LogP contribution in [0.1, 0.15) is 9.80 Å². The van der Waals surface area contributed by atoms with E-state index in [1.54, 1.807) is 0 Å². The number of aromatic carboxylic acids is 1. The van der Waals surface area contributed by atoms with Crippen molar-refractivity contribution in [2.24, 2.45) is 0 Å². The highest BCUT2D eigenvalue weighted by atomic mass is 32.1. The average Bonchev–Trinajstić information content (AvgIpc) is 2.46. The first-order chi connectivity index (χ1) is 6.16. The largest absolute Gasteiger partial charge is 0.476 e.